The summed E-state index contributed by atoms with van der Waals surface area (Å²) in [6, 6.07) is 15.0. The number of halogens is 1. The molecule has 0 bridgehead atoms. The van der Waals surface area contributed by atoms with Gasteiger partial charge in [0.05, 0.1) is 23.9 Å². The molecule has 4 rings (SSSR count). The first-order chi connectivity index (χ1) is 15.1. The predicted molar refractivity (Wildman–Crippen MR) is 117 cm³/mol. The zero-order valence-electron chi connectivity index (χ0n) is 17.0. The van der Waals surface area contributed by atoms with Crippen molar-refractivity contribution in [1.82, 2.24) is 9.97 Å². The Hall–Kier alpha value is -3.32. The van der Waals surface area contributed by atoms with Gasteiger partial charge in [-0.2, -0.15) is 0 Å². The molecule has 0 saturated carbocycles. The number of aromatic nitrogens is 2. The van der Waals surface area contributed by atoms with Crippen LogP contribution in [0.3, 0.4) is 0 Å². The molecule has 1 aliphatic rings. The number of hydrogen-bond donors (Lipinski definition) is 1. The fourth-order valence-corrected chi connectivity index (χ4v) is 4.00. The molecule has 3 aromatic rings. The Morgan fingerprint density at radius 3 is 2.68 bits per heavy atom. The van der Waals surface area contributed by atoms with Gasteiger partial charge in [-0.25, -0.2) is 14.8 Å². The van der Waals surface area contributed by atoms with Crippen LogP contribution in [0.4, 0.5) is 5.95 Å². The quantitative estimate of drug-likeness (QED) is 0.568. The number of methoxy groups -OCH3 is 1. The molecular formula is C23H22ClN3O4. The molecule has 31 heavy (non-hydrogen) atoms. The van der Waals surface area contributed by atoms with Crippen LogP contribution in [0.2, 0.25) is 5.02 Å². The maximum absolute atomic E-state index is 11.7. The summed E-state index contributed by atoms with van der Waals surface area (Å²) in [5.41, 5.74) is 1.36. The van der Waals surface area contributed by atoms with Gasteiger partial charge in [-0.1, -0.05) is 41.9 Å². The smallest absolute Gasteiger partial charge is 0.339 e. The van der Waals surface area contributed by atoms with Gasteiger partial charge in [0.15, 0.2) is 0 Å². The van der Waals surface area contributed by atoms with Crippen LogP contribution in [-0.4, -0.2) is 34.7 Å². The zero-order chi connectivity index (χ0) is 21.8. The Balaban J connectivity index is 1.64. The van der Waals surface area contributed by atoms with Crippen molar-refractivity contribution in [3.05, 3.63) is 76.6 Å². The molecule has 0 amide bonds. The summed E-state index contributed by atoms with van der Waals surface area (Å²) in [4.78, 5) is 22.7. The molecule has 0 radical (unpaired) electrons. The number of carboxylic acid groups (broad SMARTS) is 1. The van der Waals surface area contributed by atoms with Crippen molar-refractivity contribution in [2.45, 2.75) is 25.5 Å². The standard InChI is InChI=1S/C23H22ClN3O4/c1-30-20-10-4-2-7-15(20)19-9-6-12-27(19)23-25-13-16(22(28)29)18(26-23)14-31-21-11-5-3-8-17(21)24/h2-5,7-8,10-11,13,19H,6,9,12,14H2,1H3,(H,28,29). The Labute approximate surface area is 185 Å². The predicted octanol–water partition coefficient (Wildman–Crippen LogP) is 4.76. The highest BCUT2D eigenvalue weighted by atomic mass is 35.5. The van der Waals surface area contributed by atoms with Crippen LogP contribution in [0, 0.1) is 0 Å². The minimum Gasteiger partial charge on any atom is -0.496 e. The molecule has 8 heteroatoms. The van der Waals surface area contributed by atoms with E-state index in [9.17, 15) is 9.90 Å². The maximum Gasteiger partial charge on any atom is 0.339 e. The van der Waals surface area contributed by atoms with Crippen molar-refractivity contribution in [1.29, 1.82) is 0 Å². The third-order valence-corrected chi connectivity index (χ3v) is 5.61. The largest absolute Gasteiger partial charge is 0.496 e. The third-order valence-electron chi connectivity index (χ3n) is 5.29. The molecule has 160 valence electrons. The molecule has 1 fully saturated rings. The highest BCUT2D eigenvalue weighted by Gasteiger charge is 2.31. The Morgan fingerprint density at radius 2 is 1.94 bits per heavy atom. The lowest BCUT2D eigenvalue weighted by Gasteiger charge is -2.26. The van der Waals surface area contributed by atoms with Crippen molar-refractivity contribution in [3.8, 4) is 11.5 Å². The van der Waals surface area contributed by atoms with Crippen LogP contribution in [-0.2, 0) is 6.61 Å². The first-order valence-electron chi connectivity index (χ1n) is 9.94. The SMILES string of the molecule is COc1ccccc1C1CCCN1c1ncc(C(=O)O)c(COc2ccccc2Cl)n1. The second-order valence-electron chi connectivity index (χ2n) is 7.15. The van der Waals surface area contributed by atoms with Gasteiger partial charge >= 0.3 is 5.97 Å². The van der Waals surface area contributed by atoms with E-state index in [2.05, 4.69) is 14.9 Å². The molecule has 2 heterocycles. The van der Waals surface area contributed by atoms with Crippen molar-refractivity contribution < 1.29 is 19.4 Å². The number of carboxylic acids is 1. The third kappa shape index (κ3) is 4.41. The molecule has 1 N–H and O–H groups in total. The second-order valence-corrected chi connectivity index (χ2v) is 7.56. The van der Waals surface area contributed by atoms with Gasteiger partial charge in [-0.3, -0.25) is 0 Å². The van der Waals surface area contributed by atoms with Gasteiger partial charge in [0.1, 0.15) is 23.7 Å². The van der Waals surface area contributed by atoms with Gasteiger partial charge in [-0.05, 0) is 31.0 Å². The van der Waals surface area contributed by atoms with E-state index in [1.54, 1.807) is 31.4 Å². The van der Waals surface area contributed by atoms with E-state index in [1.165, 1.54) is 6.20 Å². The number of benzene rings is 2. The van der Waals surface area contributed by atoms with E-state index in [0.717, 1.165) is 30.7 Å². The van der Waals surface area contributed by atoms with Crippen LogP contribution in [0.15, 0.2) is 54.7 Å². The molecule has 1 aromatic heterocycles. The lowest BCUT2D eigenvalue weighted by molar-refractivity contribution is 0.0692. The molecule has 0 aliphatic carbocycles. The summed E-state index contributed by atoms with van der Waals surface area (Å²) in [5, 5.41) is 10.0. The molecule has 1 atom stereocenters. The van der Waals surface area contributed by atoms with E-state index in [-0.39, 0.29) is 18.2 Å². The first-order valence-corrected chi connectivity index (χ1v) is 10.3. The summed E-state index contributed by atoms with van der Waals surface area (Å²) in [7, 11) is 1.65. The lowest BCUT2D eigenvalue weighted by Crippen LogP contribution is -2.26. The molecule has 1 unspecified atom stereocenters. The van der Waals surface area contributed by atoms with Crippen molar-refractivity contribution in [2.75, 3.05) is 18.6 Å². The molecule has 2 aromatic carbocycles. The summed E-state index contributed by atoms with van der Waals surface area (Å²) < 4.78 is 11.3. The van der Waals surface area contributed by atoms with Crippen LogP contribution in [0.5, 0.6) is 11.5 Å². The number of rotatable bonds is 7. The highest BCUT2D eigenvalue weighted by Crippen LogP contribution is 2.38. The number of ether oxygens (including phenoxy) is 2. The molecule has 0 spiro atoms. The first kappa shape index (κ1) is 20.9. The number of para-hydroxylation sites is 2. The topological polar surface area (TPSA) is 84.8 Å². The fraction of sp³-hybridized carbons (Fsp3) is 0.261. The number of nitrogens with zero attached hydrogens (tertiary/aromatic N) is 3. The Bertz CT molecular complexity index is 1090. The van der Waals surface area contributed by atoms with Crippen molar-refractivity contribution in [2.24, 2.45) is 0 Å². The van der Waals surface area contributed by atoms with E-state index in [1.807, 2.05) is 24.3 Å². The van der Waals surface area contributed by atoms with Crippen LogP contribution in [0.25, 0.3) is 0 Å². The van der Waals surface area contributed by atoms with E-state index in [0.29, 0.717) is 22.4 Å². The van der Waals surface area contributed by atoms with Crippen molar-refractivity contribution >= 4 is 23.5 Å². The number of anilines is 1. The summed E-state index contributed by atoms with van der Waals surface area (Å²) in [6.07, 6.45) is 3.24. The summed E-state index contributed by atoms with van der Waals surface area (Å²) >= 11 is 6.15. The Morgan fingerprint density at radius 1 is 1.19 bits per heavy atom. The molecule has 7 nitrogen and oxygen atoms in total. The fourth-order valence-electron chi connectivity index (χ4n) is 3.81. The summed E-state index contributed by atoms with van der Waals surface area (Å²) in [5.74, 6) is 0.640. The van der Waals surface area contributed by atoms with Gasteiger partial charge in [-0.15, -0.1) is 0 Å². The maximum atomic E-state index is 11.7. The van der Waals surface area contributed by atoms with Crippen LogP contribution < -0.4 is 14.4 Å². The van der Waals surface area contributed by atoms with Gasteiger partial charge < -0.3 is 19.5 Å². The average molecular weight is 440 g/mol. The van der Waals surface area contributed by atoms with Crippen LogP contribution in [0.1, 0.15) is 40.5 Å². The average Bonchev–Trinajstić information content (AvgIpc) is 3.28. The lowest BCUT2D eigenvalue weighted by atomic mass is 10.0. The number of carbonyl (C=O) groups is 1. The zero-order valence-corrected chi connectivity index (χ0v) is 17.7. The second kappa shape index (κ2) is 9.22. The monoisotopic (exact) mass is 439 g/mol. The van der Waals surface area contributed by atoms with Gasteiger partial charge in [0, 0.05) is 18.3 Å². The van der Waals surface area contributed by atoms with E-state index < -0.39 is 5.97 Å². The van der Waals surface area contributed by atoms with E-state index in [4.69, 9.17) is 21.1 Å². The minimum atomic E-state index is -1.10. The molecule has 1 saturated heterocycles. The van der Waals surface area contributed by atoms with Gasteiger partial charge in [0.2, 0.25) is 5.95 Å². The van der Waals surface area contributed by atoms with Crippen molar-refractivity contribution in [3.63, 3.8) is 0 Å². The van der Waals surface area contributed by atoms with E-state index >= 15 is 0 Å². The van der Waals surface area contributed by atoms with Gasteiger partial charge in [0.25, 0.3) is 0 Å². The Kier molecular flexibility index (Phi) is 6.23. The summed E-state index contributed by atoms with van der Waals surface area (Å²) in [6.45, 7) is 0.730. The normalized spacial score (nSPS) is 15.7. The molecular weight excluding hydrogens is 418 g/mol. The number of hydrogen-bond acceptors (Lipinski definition) is 6. The highest BCUT2D eigenvalue weighted by molar-refractivity contribution is 6.32. The molecule has 1 aliphatic heterocycles. The number of aromatic carboxylic acids is 1. The van der Waals surface area contributed by atoms with Crippen LogP contribution >= 0.6 is 11.6 Å². The minimum absolute atomic E-state index is 0.00356.